The van der Waals surface area contributed by atoms with Gasteiger partial charge in [-0.3, -0.25) is 0 Å². The summed E-state index contributed by atoms with van der Waals surface area (Å²) in [7, 11) is 0. The topological polar surface area (TPSA) is 21.3 Å². The second-order valence-electron chi connectivity index (χ2n) is 5.42. The molecule has 0 bridgehead atoms. The van der Waals surface area contributed by atoms with Crippen LogP contribution < -0.4 is 5.32 Å². The zero-order valence-electron chi connectivity index (χ0n) is 13.0. The maximum atomic E-state index is 5.31. The molecule has 18 heavy (non-hydrogen) atoms. The molecule has 0 heterocycles. The normalized spacial score (nSPS) is 12.8. The number of nitrogens with one attached hydrogen (secondary N) is 1. The first kappa shape index (κ1) is 17.9. The monoisotopic (exact) mass is 257 g/mol. The van der Waals surface area contributed by atoms with Gasteiger partial charge in [0.05, 0.1) is 0 Å². The lowest BCUT2D eigenvalue weighted by Gasteiger charge is -2.12. The Hall–Kier alpha value is -0.0800. The van der Waals surface area contributed by atoms with Gasteiger partial charge in [-0.05, 0) is 38.8 Å². The van der Waals surface area contributed by atoms with Crippen molar-refractivity contribution in [3.63, 3.8) is 0 Å². The highest BCUT2D eigenvalue weighted by Gasteiger charge is 2.01. The molecule has 1 N–H and O–H groups in total. The highest BCUT2D eigenvalue weighted by molar-refractivity contribution is 4.58. The molecular weight excluding hydrogens is 222 g/mol. The van der Waals surface area contributed by atoms with Gasteiger partial charge in [-0.2, -0.15) is 0 Å². The van der Waals surface area contributed by atoms with E-state index in [9.17, 15) is 0 Å². The molecule has 1 unspecified atom stereocenters. The van der Waals surface area contributed by atoms with Crippen molar-refractivity contribution >= 4 is 0 Å². The molecule has 0 aromatic heterocycles. The molecular formula is C16H35NO. The van der Waals surface area contributed by atoms with Crippen molar-refractivity contribution in [2.45, 2.75) is 72.1 Å². The summed E-state index contributed by atoms with van der Waals surface area (Å²) in [6, 6.07) is 0. The molecule has 0 fully saturated rings. The summed E-state index contributed by atoms with van der Waals surface area (Å²) in [6.07, 6.45) is 11.0. The first-order chi connectivity index (χ1) is 8.81. The Morgan fingerprint density at radius 3 is 2.39 bits per heavy atom. The highest BCUT2D eigenvalue weighted by Crippen LogP contribution is 2.11. The lowest BCUT2D eigenvalue weighted by Crippen LogP contribution is -2.23. The zero-order chi connectivity index (χ0) is 13.5. The predicted octanol–water partition coefficient (Wildman–Crippen LogP) is 4.39. The summed E-state index contributed by atoms with van der Waals surface area (Å²) in [6.45, 7) is 10.7. The van der Waals surface area contributed by atoms with Crippen LogP contribution in [0.3, 0.4) is 0 Å². The SMILES string of the molecule is CCCCCCCCC(C)CNCCCOCC. The van der Waals surface area contributed by atoms with Gasteiger partial charge in [0.1, 0.15) is 0 Å². The lowest BCUT2D eigenvalue weighted by molar-refractivity contribution is 0.144. The van der Waals surface area contributed by atoms with Gasteiger partial charge in [0.25, 0.3) is 0 Å². The fraction of sp³-hybridized carbons (Fsp3) is 1.00. The molecule has 2 nitrogen and oxygen atoms in total. The standard InChI is InChI=1S/C16H35NO/c1-4-6-7-8-9-10-12-16(3)15-17-13-11-14-18-5-2/h16-17H,4-15H2,1-3H3. The number of unbranched alkanes of at least 4 members (excludes halogenated alkanes) is 5. The summed E-state index contributed by atoms with van der Waals surface area (Å²) in [5.41, 5.74) is 0. The zero-order valence-corrected chi connectivity index (χ0v) is 13.0. The van der Waals surface area contributed by atoms with E-state index in [4.69, 9.17) is 4.74 Å². The first-order valence-corrected chi connectivity index (χ1v) is 8.09. The molecule has 0 aromatic carbocycles. The molecule has 0 saturated heterocycles. The molecule has 0 aliphatic rings. The number of hydrogen-bond donors (Lipinski definition) is 1. The number of ether oxygens (including phenoxy) is 1. The van der Waals surface area contributed by atoms with Crippen LogP contribution in [0, 0.1) is 5.92 Å². The summed E-state index contributed by atoms with van der Waals surface area (Å²) in [5.74, 6) is 0.822. The molecule has 0 aromatic rings. The van der Waals surface area contributed by atoms with Crippen LogP contribution in [0.2, 0.25) is 0 Å². The van der Waals surface area contributed by atoms with Crippen LogP contribution in [0.25, 0.3) is 0 Å². The number of rotatable bonds is 14. The molecule has 110 valence electrons. The van der Waals surface area contributed by atoms with E-state index in [1.807, 2.05) is 0 Å². The third-order valence-electron chi connectivity index (χ3n) is 3.39. The van der Waals surface area contributed by atoms with E-state index < -0.39 is 0 Å². The molecule has 0 amide bonds. The van der Waals surface area contributed by atoms with Crippen LogP contribution in [-0.2, 0) is 4.74 Å². The molecule has 0 radical (unpaired) electrons. The van der Waals surface area contributed by atoms with Crippen molar-refractivity contribution in [2.75, 3.05) is 26.3 Å². The van der Waals surface area contributed by atoms with Crippen molar-refractivity contribution < 1.29 is 4.74 Å². The van der Waals surface area contributed by atoms with Gasteiger partial charge >= 0.3 is 0 Å². The molecule has 0 saturated carbocycles. The highest BCUT2D eigenvalue weighted by atomic mass is 16.5. The van der Waals surface area contributed by atoms with Gasteiger partial charge < -0.3 is 10.1 Å². The van der Waals surface area contributed by atoms with Crippen molar-refractivity contribution in [3.8, 4) is 0 Å². The molecule has 2 heteroatoms. The van der Waals surface area contributed by atoms with E-state index in [-0.39, 0.29) is 0 Å². The van der Waals surface area contributed by atoms with E-state index in [0.717, 1.165) is 32.1 Å². The second-order valence-corrected chi connectivity index (χ2v) is 5.42. The summed E-state index contributed by atoms with van der Waals surface area (Å²) < 4.78 is 5.31. The second kappa shape index (κ2) is 15.0. The van der Waals surface area contributed by atoms with Gasteiger partial charge in [0.2, 0.25) is 0 Å². The Morgan fingerprint density at radius 1 is 0.944 bits per heavy atom. The van der Waals surface area contributed by atoms with Crippen molar-refractivity contribution in [3.05, 3.63) is 0 Å². The lowest BCUT2D eigenvalue weighted by atomic mass is 10.0. The molecule has 1 atom stereocenters. The minimum absolute atomic E-state index is 0.822. The van der Waals surface area contributed by atoms with E-state index in [1.54, 1.807) is 0 Å². The van der Waals surface area contributed by atoms with Gasteiger partial charge in [-0.1, -0.05) is 52.4 Å². The van der Waals surface area contributed by atoms with Crippen LogP contribution in [-0.4, -0.2) is 26.3 Å². The maximum Gasteiger partial charge on any atom is 0.0477 e. The largest absolute Gasteiger partial charge is 0.382 e. The summed E-state index contributed by atoms with van der Waals surface area (Å²) in [5, 5.41) is 3.53. The summed E-state index contributed by atoms with van der Waals surface area (Å²) in [4.78, 5) is 0. The smallest absolute Gasteiger partial charge is 0.0477 e. The first-order valence-electron chi connectivity index (χ1n) is 8.09. The maximum absolute atomic E-state index is 5.31. The van der Waals surface area contributed by atoms with E-state index in [0.29, 0.717) is 0 Å². The Morgan fingerprint density at radius 2 is 1.67 bits per heavy atom. The van der Waals surface area contributed by atoms with E-state index in [1.165, 1.54) is 51.5 Å². The fourth-order valence-corrected chi connectivity index (χ4v) is 2.17. The molecule has 0 aliphatic heterocycles. The van der Waals surface area contributed by atoms with Crippen molar-refractivity contribution in [2.24, 2.45) is 5.92 Å². The number of hydrogen-bond acceptors (Lipinski definition) is 2. The Balaban J connectivity index is 3.10. The Labute approximate surface area is 115 Å². The van der Waals surface area contributed by atoms with Crippen LogP contribution in [0.4, 0.5) is 0 Å². The van der Waals surface area contributed by atoms with Gasteiger partial charge in [0.15, 0.2) is 0 Å². The van der Waals surface area contributed by atoms with E-state index >= 15 is 0 Å². The minimum atomic E-state index is 0.822. The third kappa shape index (κ3) is 14.0. The van der Waals surface area contributed by atoms with Gasteiger partial charge in [0, 0.05) is 13.2 Å². The van der Waals surface area contributed by atoms with Crippen LogP contribution in [0.5, 0.6) is 0 Å². The van der Waals surface area contributed by atoms with Crippen molar-refractivity contribution in [1.82, 2.24) is 5.32 Å². The molecule has 0 spiro atoms. The molecule has 0 rings (SSSR count). The Bertz CT molecular complexity index is 134. The predicted molar refractivity (Wildman–Crippen MR) is 81.1 cm³/mol. The van der Waals surface area contributed by atoms with E-state index in [2.05, 4.69) is 26.1 Å². The Kier molecular flexibility index (Phi) is 14.9. The van der Waals surface area contributed by atoms with Crippen LogP contribution in [0.1, 0.15) is 72.1 Å². The molecule has 0 aliphatic carbocycles. The minimum Gasteiger partial charge on any atom is -0.382 e. The fourth-order valence-electron chi connectivity index (χ4n) is 2.17. The average Bonchev–Trinajstić information content (AvgIpc) is 2.38. The van der Waals surface area contributed by atoms with Crippen LogP contribution >= 0.6 is 0 Å². The van der Waals surface area contributed by atoms with Crippen molar-refractivity contribution in [1.29, 1.82) is 0 Å². The van der Waals surface area contributed by atoms with Gasteiger partial charge in [-0.15, -0.1) is 0 Å². The quantitative estimate of drug-likeness (QED) is 0.466. The average molecular weight is 257 g/mol. The summed E-state index contributed by atoms with van der Waals surface area (Å²) >= 11 is 0. The third-order valence-corrected chi connectivity index (χ3v) is 3.39. The van der Waals surface area contributed by atoms with Gasteiger partial charge in [-0.25, -0.2) is 0 Å². The van der Waals surface area contributed by atoms with Crippen LogP contribution in [0.15, 0.2) is 0 Å².